The highest BCUT2D eigenvalue weighted by Crippen LogP contribution is 2.39. The molecule has 5 nitrogen and oxygen atoms in total. The van der Waals surface area contributed by atoms with Gasteiger partial charge in [0.2, 0.25) is 0 Å². The second kappa shape index (κ2) is 7.76. The molecule has 0 saturated carbocycles. The molecule has 2 aromatic rings. The Labute approximate surface area is 159 Å². The second-order valence-corrected chi connectivity index (χ2v) is 7.07. The van der Waals surface area contributed by atoms with Crippen molar-refractivity contribution in [2.45, 2.75) is 13.0 Å². The summed E-state index contributed by atoms with van der Waals surface area (Å²) in [7, 11) is 3.83. The van der Waals surface area contributed by atoms with Crippen molar-refractivity contribution in [2.24, 2.45) is 0 Å². The standard InChI is InChI=1S/C22H24N2O3/c1-15-9-11-17(12-10-15)20(25)18-19(16-7-5-4-6-8-16)24(14-13-23(2)3)22(27)21(18)26/h4-12,19,25H,13-14H2,1-3H3/b20-18+/t19-/m1/s1. The Bertz CT molecular complexity index is 870. The van der Waals surface area contributed by atoms with Gasteiger partial charge in [0.1, 0.15) is 5.76 Å². The summed E-state index contributed by atoms with van der Waals surface area (Å²) in [6, 6.07) is 16.1. The minimum absolute atomic E-state index is 0.130. The molecule has 1 aliphatic rings. The largest absolute Gasteiger partial charge is 0.507 e. The van der Waals surface area contributed by atoms with Crippen LogP contribution in [0.1, 0.15) is 22.7 Å². The topological polar surface area (TPSA) is 60.9 Å². The van der Waals surface area contributed by atoms with Crippen molar-refractivity contribution in [3.63, 3.8) is 0 Å². The van der Waals surface area contributed by atoms with Gasteiger partial charge in [-0.25, -0.2) is 0 Å². The molecule has 0 spiro atoms. The Morgan fingerprint density at radius 3 is 2.26 bits per heavy atom. The predicted molar refractivity (Wildman–Crippen MR) is 105 cm³/mol. The highest BCUT2D eigenvalue weighted by Gasteiger charge is 2.45. The second-order valence-electron chi connectivity index (χ2n) is 7.07. The number of amides is 1. The molecule has 3 rings (SSSR count). The van der Waals surface area contributed by atoms with E-state index in [9.17, 15) is 14.7 Å². The van der Waals surface area contributed by atoms with Crippen LogP contribution >= 0.6 is 0 Å². The van der Waals surface area contributed by atoms with Crippen LogP contribution < -0.4 is 0 Å². The summed E-state index contributed by atoms with van der Waals surface area (Å²) in [6.45, 7) is 2.98. The van der Waals surface area contributed by atoms with Crippen molar-refractivity contribution in [1.29, 1.82) is 0 Å². The van der Waals surface area contributed by atoms with Crippen LogP contribution in [0.4, 0.5) is 0 Å². The van der Waals surface area contributed by atoms with Gasteiger partial charge >= 0.3 is 0 Å². The van der Waals surface area contributed by atoms with Gasteiger partial charge < -0.3 is 14.9 Å². The molecule has 1 heterocycles. The molecule has 0 radical (unpaired) electrons. The minimum atomic E-state index is -0.638. The Kier molecular flexibility index (Phi) is 5.42. The van der Waals surface area contributed by atoms with Crippen molar-refractivity contribution in [2.75, 3.05) is 27.2 Å². The third-order valence-electron chi connectivity index (χ3n) is 4.77. The predicted octanol–water partition coefficient (Wildman–Crippen LogP) is 2.98. The van der Waals surface area contributed by atoms with Gasteiger partial charge in [0.25, 0.3) is 11.7 Å². The first-order valence-corrected chi connectivity index (χ1v) is 8.95. The molecule has 0 aromatic heterocycles. The van der Waals surface area contributed by atoms with E-state index < -0.39 is 17.7 Å². The Morgan fingerprint density at radius 2 is 1.67 bits per heavy atom. The maximum absolute atomic E-state index is 12.8. The zero-order chi connectivity index (χ0) is 19.6. The number of ketones is 1. The first kappa shape index (κ1) is 18.9. The maximum Gasteiger partial charge on any atom is 0.295 e. The molecule has 1 saturated heterocycles. The number of aliphatic hydroxyl groups is 1. The molecule has 1 atom stereocenters. The van der Waals surface area contributed by atoms with E-state index in [1.807, 2.05) is 68.4 Å². The lowest BCUT2D eigenvalue weighted by molar-refractivity contribution is -0.140. The van der Waals surface area contributed by atoms with Crippen LogP contribution in [0.15, 0.2) is 60.2 Å². The lowest BCUT2D eigenvalue weighted by atomic mass is 9.95. The van der Waals surface area contributed by atoms with Crippen LogP contribution in [0, 0.1) is 6.92 Å². The quantitative estimate of drug-likeness (QED) is 0.503. The number of rotatable bonds is 5. The third kappa shape index (κ3) is 3.78. The van der Waals surface area contributed by atoms with Crippen LogP contribution in [0.3, 0.4) is 0 Å². The number of likely N-dealkylation sites (tertiary alicyclic amines) is 1. The first-order chi connectivity index (χ1) is 12.9. The fourth-order valence-corrected chi connectivity index (χ4v) is 3.27. The van der Waals surface area contributed by atoms with Gasteiger partial charge in [-0.05, 0) is 26.6 Å². The molecule has 0 aliphatic carbocycles. The van der Waals surface area contributed by atoms with Crippen LogP contribution in [-0.4, -0.2) is 53.8 Å². The lowest BCUT2D eigenvalue weighted by Crippen LogP contribution is -2.35. The molecule has 2 aromatic carbocycles. The van der Waals surface area contributed by atoms with Gasteiger partial charge in [-0.3, -0.25) is 9.59 Å². The first-order valence-electron chi connectivity index (χ1n) is 8.95. The molecule has 5 heteroatoms. The van der Waals surface area contributed by atoms with E-state index in [1.54, 1.807) is 17.0 Å². The zero-order valence-electron chi connectivity index (χ0n) is 15.8. The molecule has 1 aliphatic heterocycles. The molecule has 0 unspecified atom stereocenters. The highest BCUT2D eigenvalue weighted by atomic mass is 16.3. The van der Waals surface area contributed by atoms with E-state index in [0.29, 0.717) is 18.7 Å². The maximum atomic E-state index is 12.8. The minimum Gasteiger partial charge on any atom is -0.507 e. The van der Waals surface area contributed by atoms with E-state index in [1.165, 1.54) is 0 Å². The molecule has 27 heavy (non-hydrogen) atoms. The van der Waals surface area contributed by atoms with Crippen LogP contribution in [-0.2, 0) is 9.59 Å². The summed E-state index contributed by atoms with van der Waals surface area (Å²) < 4.78 is 0. The van der Waals surface area contributed by atoms with Crippen molar-refractivity contribution in [3.05, 3.63) is 76.9 Å². The normalized spacial score (nSPS) is 19.1. The molecule has 1 amide bonds. The molecule has 0 bridgehead atoms. The van der Waals surface area contributed by atoms with Crippen LogP contribution in [0.2, 0.25) is 0 Å². The SMILES string of the molecule is Cc1ccc(/C(O)=C2\C(=O)C(=O)N(CCN(C)C)[C@@H]2c2ccccc2)cc1. The Balaban J connectivity index is 2.12. The summed E-state index contributed by atoms with van der Waals surface area (Å²) in [4.78, 5) is 29.0. The summed E-state index contributed by atoms with van der Waals surface area (Å²) in [5.74, 6) is -1.34. The number of aliphatic hydroxyl groups excluding tert-OH is 1. The molecular weight excluding hydrogens is 340 g/mol. The Hall–Kier alpha value is -2.92. The number of hydrogen-bond donors (Lipinski definition) is 1. The van der Waals surface area contributed by atoms with Crippen molar-refractivity contribution in [3.8, 4) is 0 Å². The van der Waals surface area contributed by atoms with E-state index in [2.05, 4.69) is 0 Å². The summed E-state index contributed by atoms with van der Waals surface area (Å²) >= 11 is 0. The smallest absolute Gasteiger partial charge is 0.295 e. The number of carbonyl (C=O) groups excluding carboxylic acids is 2. The summed E-state index contributed by atoms with van der Waals surface area (Å²) in [5, 5.41) is 10.9. The van der Waals surface area contributed by atoms with Gasteiger partial charge in [-0.1, -0.05) is 60.2 Å². The van der Waals surface area contributed by atoms with Gasteiger partial charge in [-0.15, -0.1) is 0 Å². The molecule has 140 valence electrons. The number of carbonyl (C=O) groups is 2. The van der Waals surface area contributed by atoms with E-state index in [0.717, 1.165) is 11.1 Å². The summed E-state index contributed by atoms with van der Waals surface area (Å²) in [6.07, 6.45) is 0. The number of nitrogens with zero attached hydrogens (tertiary/aromatic N) is 2. The fraction of sp³-hybridized carbons (Fsp3) is 0.273. The molecule has 1 fully saturated rings. The van der Waals surface area contributed by atoms with Crippen LogP contribution in [0.25, 0.3) is 5.76 Å². The fourth-order valence-electron chi connectivity index (χ4n) is 3.27. The van der Waals surface area contributed by atoms with Crippen molar-refractivity contribution in [1.82, 2.24) is 9.80 Å². The number of benzene rings is 2. The van der Waals surface area contributed by atoms with Crippen molar-refractivity contribution < 1.29 is 14.7 Å². The van der Waals surface area contributed by atoms with E-state index in [4.69, 9.17) is 0 Å². The number of Topliss-reactive ketones (excluding diaryl/α,β-unsaturated/α-hetero) is 1. The number of hydrogen-bond acceptors (Lipinski definition) is 4. The molecule has 1 N–H and O–H groups in total. The van der Waals surface area contributed by atoms with Crippen LogP contribution in [0.5, 0.6) is 0 Å². The highest BCUT2D eigenvalue weighted by molar-refractivity contribution is 6.46. The number of aryl methyl sites for hydroxylation is 1. The van der Waals surface area contributed by atoms with Gasteiger partial charge in [0, 0.05) is 18.7 Å². The average Bonchev–Trinajstić information content (AvgIpc) is 2.91. The monoisotopic (exact) mass is 364 g/mol. The van der Waals surface area contributed by atoms with Crippen molar-refractivity contribution >= 4 is 17.4 Å². The summed E-state index contributed by atoms with van der Waals surface area (Å²) in [5.41, 5.74) is 2.54. The van der Waals surface area contributed by atoms with Gasteiger partial charge in [0.15, 0.2) is 0 Å². The van der Waals surface area contributed by atoms with E-state index >= 15 is 0 Å². The third-order valence-corrected chi connectivity index (χ3v) is 4.77. The Morgan fingerprint density at radius 1 is 1.04 bits per heavy atom. The molecular formula is C22H24N2O3. The average molecular weight is 364 g/mol. The van der Waals surface area contributed by atoms with Gasteiger partial charge in [-0.2, -0.15) is 0 Å². The van der Waals surface area contributed by atoms with Gasteiger partial charge in [0.05, 0.1) is 11.6 Å². The zero-order valence-corrected chi connectivity index (χ0v) is 15.8. The number of likely N-dealkylation sites (N-methyl/N-ethyl adjacent to an activating group) is 1. The lowest BCUT2D eigenvalue weighted by Gasteiger charge is -2.26. The van der Waals surface area contributed by atoms with E-state index in [-0.39, 0.29) is 11.3 Å².